The molecule has 128 valence electrons. The molecule has 0 radical (unpaired) electrons. The quantitative estimate of drug-likeness (QED) is 0.543. The summed E-state index contributed by atoms with van der Waals surface area (Å²) in [5.41, 5.74) is 6.54. The van der Waals surface area contributed by atoms with Crippen LogP contribution in [-0.2, 0) is 12.8 Å². The molecule has 0 fully saturated rings. The number of hydrogen-bond acceptors (Lipinski definition) is 1. The van der Waals surface area contributed by atoms with Gasteiger partial charge in [0, 0.05) is 11.6 Å². The molecule has 26 heavy (non-hydrogen) atoms. The van der Waals surface area contributed by atoms with Gasteiger partial charge in [0.05, 0.1) is 6.04 Å². The monoisotopic (exact) mass is 341 g/mol. The van der Waals surface area contributed by atoms with Crippen molar-refractivity contribution in [1.29, 1.82) is 0 Å². The number of fused-ring (bicyclic) bond motifs is 3. The largest absolute Gasteiger partial charge is 0.378 e. The second kappa shape index (κ2) is 5.20. The molecule has 0 saturated heterocycles. The lowest BCUT2D eigenvalue weighted by molar-refractivity contribution is 0.426. The highest BCUT2D eigenvalue weighted by Crippen LogP contribution is 2.51. The Balaban J connectivity index is 1.55. The summed E-state index contributed by atoms with van der Waals surface area (Å²) in [6.07, 6.45) is 7.90. The number of rotatable bonds is 1. The van der Waals surface area contributed by atoms with Crippen molar-refractivity contribution in [2.75, 3.05) is 5.32 Å². The predicted molar refractivity (Wildman–Crippen MR) is 104 cm³/mol. The summed E-state index contributed by atoms with van der Waals surface area (Å²) in [5.74, 6) is 0.603. The van der Waals surface area contributed by atoms with Crippen molar-refractivity contribution in [3.05, 3.63) is 88.8 Å². The van der Waals surface area contributed by atoms with Crippen molar-refractivity contribution < 1.29 is 4.39 Å². The Labute approximate surface area is 152 Å². The summed E-state index contributed by atoms with van der Waals surface area (Å²) in [6, 6.07) is 16.8. The summed E-state index contributed by atoms with van der Waals surface area (Å²) in [7, 11) is 0. The number of hydrogen-bond donors (Lipinski definition) is 1. The van der Waals surface area contributed by atoms with Crippen molar-refractivity contribution in [2.24, 2.45) is 5.92 Å². The number of allylic oxidation sites excluding steroid dienone is 2. The summed E-state index contributed by atoms with van der Waals surface area (Å²) in [4.78, 5) is 0. The Morgan fingerprint density at radius 3 is 2.73 bits per heavy atom. The van der Waals surface area contributed by atoms with Crippen LogP contribution in [0.15, 0.2) is 60.7 Å². The van der Waals surface area contributed by atoms with E-state index in [1.165, 1.54) is 27.5 Å². The van der Waals surface area contributed by atoms with Gasteiger partial charge in [0.2, 0.25) is 0 Å². The molecular formula is C24H20FN. The highest BCUT2D eigenvalue weighted by atomic mass is 19.1. The van der Waals surface area contributed by atoms with E-state index >= 15 is 0 Å². The van der Waals surface area contributed by atoms with E-state index in [2.05, 4.69) is 47.8 Å². The Hall–Kier alpha value is -2.61. The second-order valence-corrected chi connectivity index (χ2v) is 7.86. The zero-order valence-electron chi connectivity index (χ0n) is 14.5. The van der Waals surface area contributed by atoms with Crippen LogP contribution in [0.25, 0.3) is 10.8 Å². The maximum atomic E-state index is 13.8. The van der Waals surface area contributed by atoms with Gasteiger partial charge in [-0.2, -0.15) is 0 Å². The number of anilines is 1. The lowest BCUT2D eigenvalue weighted by Crippen LogP contribution is -2.29. The van der Waals surface area contributed by atoms with Crippen LogP contribution in [0.4, 0.5) is 10.1 Å². The van der Waals surface area contributed by atoms with E-state index in [1.807, 2.05) is 6.07 Å². The van der Waals surface area contributed by atoms with Gasteiger partial charge in [-0.25, -0.2) is 4.39 Å². The molecule has 2 heteroatoms. The second-order valence-electron chi connectivity index (χ2n) is 7.86. The molecule has 3 aromatic rings. The highest BCUT2D eigenvalue weighted by molar-refractivity contribution is 5.94. The average Bonchev–Trinajstić information content (AvgIpc) is 3.31. The summed E-state index contributed by atoms with van der Waals surface area (Å²) >= 11 is 0. The number of halogens is 1. The van der Waals surface area contributed by atoms with Crippen LogP contribution in [0.1, 0.15) is 40.6 Å². The molecule has 3 atom stereocenters. The minimum atomic E-state index is -0.145. The van der Waals surface area contributed by atoms with Gasteiger partial charge in [0.1, 0.15) is 5.82 Å². The first-order valence-electron chi connectivity index (χ1n) is 9.55. The van der Waals surface area contributed by atoms with Crippen LogP contribution < -0.4 is 5.32 Å². The minimum absolute atomic E-state index is 0.145. The Morgan fingerprint density at radius 2 is 1.81 bits per heavy atom. The average molecular weight is 341 g/mol. The molecule has 1 N–H and O–H groups in total. The fraction of sp³-hybridized carbons (Fsp3) is 0.250. The fourth-order valence-corrected chi connectivity index (χ4v) is 5.41. The maximum absolute atomic E-state index is 13.8. The van der Waals surface area contributed by atoms with Crippen molar-refractivity contribution >= 4 is 16.5 Å². The van der Waals surface area contributed by atoms with Crippen molar-refractivity contribution in [3.63, 3.8) is 0 Å². The third kappa shape index (κ3) is 1.90. The molecule has 1 heterocycles. The van der Waals surface area contributed by atoms with E-state index in [0.29, 0.717) is 11.8 Å². The first kappa shape index (κ1) is 14.5. The van der Waals surface area contributed by atoms with Gasteiger partial charge in [0.15, 0.2) is 0 Å². The molecular weight excluding hydrogens is 321 g/mol. The standard InChI is InChI=1S/C24H20FN/c25-16-10-12-22-21(13-16)17-4-2-6-19(17)24(26-22)20-11-9-15-8-7-14-3-1-5-18(20)23(14)15/h1-5,9-13,17,19,24,26H,6-8H2/t17-,19+,24-/m1/s1. The number of nitrogens with one attached hydrogen (secondary N) is 1. The predicted octanol–water partition coefficient (Wildman–Crippen LogP) is 5.90. The van der Waals surface area contributed by atoms with Crippen molar-refractivity contribution in [2.45, 2.75) is 31.2 Å². The summed E-state index contributed by atoms with van der Waals surface area (Å²) in [6.45, 7) is 0. The third-order valence-corrected chi connectivity index (χ3v) is 6.57. The van der Waals surface area contributed by atoms with Crippen LogP contribution in [0.5, 0.6) is 0 Å². The van der Waals surface area contributed by atoms with Gasteiger partial charge in [-0.3, -0.25) is 0 Å². The van der Waals surface area contributed by atoms with Crippen molar-refractivity contribution in [3.8, 4) is 0 Å². The number of benzene rings is 3. The topological polar surface area (TPSA) is 12.0 Å². The van der Waals surface area contributed by atoms with E-state index in [-0.39, 0.29) is 11.9 Å². The molecule has 1 aliphatic heterocycles. The van der Waals surface area contributed by atoms with Gasteiger partial charge >= 0.3 is 0 Å². The molecule has 6 rings (SSSR count). The Kier molecular flexibility index (Phi) is 2.91. The normalized spacial score (nSPS) is 25.2. The minimum Gasteiger partial charge on any atom is -0.378 e. The molecule has 0 bridgehead atoms. The molecule has 3 aromatic carbocycles. The van der Waals surface area contributed by atoms with Gasteiger partial charge < -0.3 is 5.32 Å². The van der Waals surface area contributed by atoms with Gasteiger partial charge in [-0.05, 0) is 76.4 Å². The molecule has 0 unspecified atom stereocenters. The van der Waals surface area contributed by atoms with E-state index < -0.39 is 0 Å². The van der Waals surface area contributed by atoms with Crippen LogP contribution in [0.2, 0.25) is 0 Å². The molecule has 0 amide bonds. The van der Waals surface area contributed by atoms with E-state index in [0.717, 1.165) is 30.5 Å². The SMILES string of the molecule is Fc1ccc2c(c1)[C@@H]1C=CC[C@@H]1[C@H](c1ccc3c4c(cccc14)CC3)N2. The zero-order valence-corrected chi connectivity index (χ0v) is 14.5. The summed E-state index contributed by atoms with van der Waals surface area (Å²) < 4.78 is 13.8. The first-order valence-corrected chi connectivity index (χ1v) is 9.55. The van der Waals surface area contributed by atoms with Gasteiger partial charge in [0.25, 0.3) is 0 Å². The maximum Gasteiger partial charge on any atom is 0.123 e. The van der Waals surface area contributed by atoms with E-state index in [9.17, 15) is 4.39 Å². The van der Waals surface area contributed by atoms with E-state index in [1.54, 1.807) is 12.1 Å². The van der Waals surface area contributed by atoms with Crippen LogP contribution in [-0.4, -0.2) is 0 Å². The van der Waals surface area contributed by atoms with Gasteiger partial charge in [-0.15, -0.1) is 0 Å². The van der Waals surface area contributed by atoms with E-state index in [4.69, 9.17) is 0 Å². The third-order valence-electron chi connectivity index (χ3n) is 6.57. The highest BCUT2D eigenvalue weighted by Gasteiger charge is 2.38. The van der Waals surface area contributed by atoms with Crippen molar-refractivity contribution in [1.82, 2.24) is 0 Å². The molecule has 1 nitrogen and oxygen atoms in total. The zero-order chi connectivity index (χ0) is 17.3. The molecule has 0 saturated carbocycles. The first-order chi connectivity index (χ1) is 12.8. The van der Waals surface area contributed by atoms with Crippen LogP contribution in [0.3, 0.4) is 0 Å². The Morgan fingerprint density at radius 1 is 0.923 bits per heavy atom. The molecule has 3 aliphatic rings. The summed E-state index contributed by atoms with van der Waals surface area (Å²) in [5, 5.41) is 6.62. The Bertz CT molecular complexity index is 1070. The lowest BCUT2D eigenvalue weighted by Gasteiger charge is -2.38. The molecule has 0 spiro atoms. The van der Waals surface area contributed by atoms with Crippen LogP contribution in [0, 0.1) is 11.7 Å². The number of aryl methyl sites for hydroxylation is 2. The smallest absolute Gasteiger partial charge is 0.123 e. The molecule has 0 aromatic heterocycles. The lowest BCUT2D eigenvalue weighted by atomic mass is 9.76. The molecule has 2 aliphatic carbocycles. The fourth-order valence-electron chi connectivity index (χ4n) is 5.41. The van der Waals surface area contributed by atoms with Crippen LogP contribution >= 0.6 is 0 Å². The van der Waals surface area contributed by atoms with Gasteiger partial charge in [-0.1, -0.05) is 42.5 Å².